The van der Waals surface area contributed by atoms with Crippen LogP contribution in [0.3, 0.4) is 0 Å². The third-order valence-electron chi connectivity index (χ3n) is 3.49. The van der Waals surface area contributed by atoms with Gasteiger partial charge in [-0.25, -0.2) is 9.78 Å². The highest BCUT2D eigenvalue weighted by Crippen LogP contribution is 2.28. The number of hydrogen-bond acceptors (Lipinski definition) is 5. The van der Waals surface area contributed by atoms with Crippen LogP contribution >= 0.6 is 11.3 Å². The maximum Gasteiger partial charge on any atom is 0.335 e. The molecule has 128 valence electrons. The maximum atomic E-state index is 11.0. The first-order valence-electron chi connectivity index (χ1n) is 7.95. The molecular weight excluding hydrogens is 336 g/mol. The van der Waals surface area contributed by atoms with E-state index in [0.717, 1.165) is 23.4 Å². The molecule has 2 N–H and O–H groups in total. The molecule has 0 aliphatic heterocycles. The van der Waals surface area contributed by atoms with Crippen molar-refractivity contribution in [3.63, 3.8) is 0 Å². The number of aromatic carboxylic acids is 1. The topological polar surface area (TPSA) is 71.5 Å². The van der Waals surface area contributed by atoms with Crippen LogP contribution in [0.2, 0.25) is 0 Å². The molecule has 0 aliphatic rings. The number of aromatic nitrogens is 1. The molecule has 0 spiro atoms. The molecule has 2 aromatic carbocycles. The van der Waals surface area contributed by atoms with Gasteiger partial charge in [0.25, 0.3) is 0 Å². The van der Waals surface area contributed by atoms with Gasteiger partial charge in [-0.15, -0.1) is 11.3 Å². The SMILES string of the molecule is CCCOc1ccc(-c2csc(Nc3cccc(C(=O)O)c3)n2)cc1. The minimum Gasteiger partial charge on any atom is -0.494 e. The molecular formula is C19H18N2O3S. The second-order valence-corrected chi connectivity index (χ2v) is 6.28. The van der Waals surface area contributed by atoms with E-state index in [4.69, 9.17) is 9.84 Å². The number of carbonyl (C=O) groups is 1. The first-order chi connectivity index (χ1) is 12.2. The van der Waals surface area contributed by atoms with Crippen LogP contribution in [0.15, 0.2) is 53.9 Å². The summed E-state index contributed by atoms with van der Waals surface area (Å²) in [6.07, 6.45) is 0.978. The zero-order chi connectivity index (χ0) is 17.6. The Morgan fingerprint density at radius 3 is 2.76 bits per heavy atom. The lowest BCUT2D eigenvalue weighted by atomic mass is 10.2. The van der Waals surface area contributed by atoms with E-state index in [2.05, 4.69) is 17.2 Å². The van der Waals surface area contributed by atoms with Crippen molar-refractivity contribution < 1.29 is 14.6 Å². The van der Waals surface area contributed by atoms with Gasteiger partial charge in [-0.3, -0.25) is 0 Å². The second-order valence-electron chi connectivity index (χ2n) is 5.42. The normalized spacial score (nSPS) is 10.4. The van der Waals surface area contributed by atoms with Gasteiger partial charge in [0.05, 0.1) is 17.9 Å². The van der Waals surface area contributed by atoms with E-state index in [1.807, 2.05) is 35.7 Å². The second kappa shape index (κ2) is 7.81. The van der Waals surface area contributed by atoms with Gasteiger partial charge in [0, 0.05) is 16.6 Å². The summed E-state index contributed by atoms with van der Waals surface area (Å²) in [5.74, 6) is -0.0986. The van der Waals surface area contributed by atoms with Crippen molar-refractivity contribution in [2.45, 2.75) is 13.3 Å². The average Bonchev–Trinajstić information content (AvgIpc) is 3.09. The first kappa shape index (κ1) is 17.0. The van der Waals surface area contributed by atoms with Crippen molar-refractivity contribution in [2.75, 3.05) is 11.9 Å². The summed E-state index contributed by atoms with van der Waals surface area (Å²) in [5.41, 5.74) is 2.81. The number of rotatable bonds is 7. The summed E-state index contributed by atoms with van der Waals surface area (Å²) in [7, 11) is 0. The van der Waals surface area contributed by atoms with E-state index in [1.165, 1.54) is 11.3 Å². The quantitative estimate of drug-likeness (QED) is 0.622. The molecule has 6 heteroatoms. The van der Waals surface area contributed by atoms with Gasteiger partial charge in [0.15, 0.2) is 5.13 Å². The Balaban J connectivity index is 1.72. The van der Waals surface area contributed by atoms with Crippen LogP contribution in [0.5, 0.6) is 5.75 Å². The third kappa shape index (κ3) is 4.36. The number of hydrogen-bond donors (Lipinski definition) is 2. The van der Waals surface area contributed by atoms with Crippen molar-refractivity contribution in [3.8, 4) is 17.0 Å². The fraction of sp³-hybridized carbons (Fsp3) is 0.158. The maximum absolute atomic E-state index is 11.0. The summed E-state index contributed by atoms with van der Waals surface area (Å²) >= 11 is 1.47. The summed E-state index contributed by atoms with van der Waals surface area (Å²) in [5, 5.41) is 14.9. The third-order valence-corrected chi connectivity index (χ3v) is 4.25. The van der Waals surface area contributed by atoms with Gasteiger partial charge < -0.3 is 15.2 Å². The molecule has 0 aliphatic carbocycles. The molecule has 0 amide bonds. The predicted molar refractivity (Wildman–Crippen MR) is 100 cm³/mol. The number of anilines is 2. The highest BCUT2D eigenvalue weighted by atomic mass is 32.1. The monoisotopic (exact) mass is 354 g/mol. The van der Waals surface area contributed by atoms with Crippen LogP contribution in [0.4, 0.5) is 10.8 Å². The van der Waals surface area contributed by atoms with E-state index in [9.17, 15) is 4.79 Å². The minimum atomic E-state index is -0.950. The smallest absolute Gasteiger partial charge is 0.335 e. The molecule has 0 atom stereocenters. The van der Waals surface area contributed by atoms with Crippen LogP contribution in [-0.4, -0.2) is 22.7 Å². The summed E-state index contributed by atoms with van der Waals surface area (Å²) in [4.78, 5) is 15.6. The van der Waals surface area contributed by atoms with E-state index >= 15 is 0 Å². The zero-order valence-corrected chi connectivity index (χ0v) is 14.5. The standard InChI is InChI=1S/C19H18N2O3S/c1-2-10-24-16-8-6-13(7-9-16)17-12-25-19(21-17)20-15-5-3-4-14(11-15)18(22)23/h3-9,11-12H,2,10H2,1H3,(H,20,21)(H,22,23). The van der Waals surface area contributed by atoms with Crippen LogP contribution in [0.25, 0.3) is 11.3 Å². The van der Waals surface area contributed by atoms with Gasteiger partial charge >= 0.3 is 5.97 Å². The Bertz CT molecular complexity index is 859. The Morgan fingerprint density at radius 2 is 2.04 bits per heavy atom. The van der Waals surface area contributed by atoms with Crippen molar-refractivity contribution in [1.82, 2.24) is 4.98 Å². The van der Waals surface area contributed by atoms with Crippen molar-refractivity contribution in [3.05, 3.63) is 59.5 Å². The van der Waals surface area contributed by atoms with Gasteiger partial charge in [-0.1, -0.05) is 13.0 Å². The molecule has 3 rings (SSSR count). The molecule has 5 nitrogen and oxygen atoms in total. The number of nitrogens with one attached hydrogen (secondary N) is 1. The molecule has 0 saturated carbocycles. The van der Waals surface area contributed by atoms with Gasteiger partial charge in [-0.2, -0.15) is 0 Å². The largest absolute Gasteiger partial charge is 0.494 e. The fourth-order valence-corrected chi connectivity index (χ4v) is 3.00. The van der Waals surface area contributed by atoms with E-state index in [1.54, 1.807) is 18.2 Å². The van der Waals surface area contributed by atoms with Gasteiger partial charge in [0.1, 0.15) is 5.75 Å². The molecule has 0 saturated heterocycles. The van der Waals surface area contributed by atoms with Crippen LogP contribution in [0, 0.1) is 0 Å². The highest BCUT2D eigenvalue weighted by Gasteiger charge is 2.07. The summed E-state index contributed by atoms with van der Waals surface area (Å²) < 4.78 is 5.58. The highest BCUT2D eigenvalue weighted by molar-refractivity contribution is 7.14. The lowest BCUT2D eigenvalue weighted by Gasteiger charge is -2.05. The molecule has 3 aromatic rings. The molecule has 0 unspecified atom stereocenters. The lowest BCUT2D eigenvalue weighted by molar-refractivity contribution is 0.0697. The van der Waals surface area contributed by atoms with Crippen molar-refractivity contribution in [2.24, 2.45) is 0 Å². The Morgan fingerprint density at radius 1 is 1.24 bits per heavy atom. The molecule has 1 aromatic heterocycles. The van der Waals surface area contributed by atoms with Crippen LogP contribution in [-0.2, 0) is 0 Å². The van der Waals surface area contributed by atoms with Gasteiger partial charge in [-0.05, 0) is 48.9 Å². The fourth-order valence-electron chi connectivity index (χ4n) is 2.26. The molecule has 0 fully saturated rings. The molecule has 0 bridgehead atoms. The molecule has 1 heterocycles. The number of carboxylic acid groups (broad SMARTS) is 1. The van der Waals surface area contributed by atoms with Crippen molar-refractivity contribution >= 4 is 28.1 Å². The Hall–Kier alpha value is -2.86. The van der Waals surface area contributed by atoms with E-state index in [-0.39, 0.29) is 5.56 Å². The van der Waals surface area contributed by atoms with Gasteiger partial charge in [0.2, 0.25) is 0 Å². The zero-order valence-electron chi connectivity index (χ0n) is 13.7. The van der Waals surface area contributed by atoms with Crippen LogP contribution in [0.1, 0.15) is 23.7 Å². The number of nitrogens with zero attached hydrogens (tertiary/aromatic N) is 1. The van der Waals surface area contributed by atoms with E-state index < -0.39 is 5.97 Å². The number of ether oxygens (including phenoxy) is 1. The van der Waals surface area contributed by atoms with E-state index in [0.29, 0.717) is 17.4 Å². The minimum absolute atomic E-state index is 0.240. The summed E-state index contributed by atoms with van der Waals surface area (Å²) in [6, 6.07) is 14.5. The Kier molecular flexibility index (Phi) is 5.30. The van der Waals surface area contributed by atoms with Crippen LogP contribution < -0.4 is 10.1 Å². The van der Waals surface area contributed by atoms with Crippen molar-refractivity contribution in [1.29, 1.82) is 0 Å². The number of thiazole rings is 1. The predicted octanol–water partition coefficient (Wildman–Crippen LogP) is 5.04. The molecule has 25 heavy (non-hydrogen) atoms. The summed E-state index contributed by atoms with van der Waals surface area (Å²) in [6.45, 7) is 2.78. The average molecular weight is 354 g/mol. The molecule has 0 radical (unpaired) electrons. The Labute approximate surface area is 149 Å². The first-order valence-corrected chi connectivity index (χ1v) is 8.83. The number of benzene rings is 2. The number of carboxylic acids is 1. The lowest BCUT2D eigenvalue weighted by Crippen LogP contribution is -1.97.